The van der Waals surface area contributed by atoms with E-state index in [4.69, 9.17) is 5.11 Å². The molecule has 1 saturated heterocycles. The van der Waals surface area contributed by atoms with E-state index in [-0.39, 0.29) is 6.42 Å². The third kappa shape index (κ3) is 3.53. The van der Waals surface area contributed by atoms with Crippen molar-refractivity contribution in [2.75, 3.05) is 13.1 Å². The second-order valence-corrected chi connectivity index (χ2v) is 5.95. The molecule has 100 valence electrons. The van der Waals surface area contributed by atoms with Gasteiger partial charge >= 0.3 is 5.97 Å². The van der Waals surface area contributed by atoms with Gasteiger partial charge < -0.3 is 5.11 Å². The van der Waals surface area contributed by atoms with Crippen LogP contribution in [0.4, 0.5) is 0 Å². The number of carboxylic acid groups (broad SMARTS) is 1. The number of likely N-dealkylation sites (tertiary alicyclic amines) is 1. The molecule has 1 aromatic heterocycles. The molecule has 0 amide bonds. The van der Waals surface area contributed by atoms with Crippen LogP contribution in [0.15, 0.2) is 0 Å². The van der Waals surface area contributed by atoms with Crippen molar-refractivity contribution in [2.24, 2.45) is 0 Å². The molecule has 0 atom stereocenters. The summed E-state index contributed by atoms with van der Waals surface area (Å²) in [5.74, 6) is -0.786. The van der Waals surface area contributed by atoms with Gasteiger partial charge in [0.15, 0.2) is 0 Å². The van der Waals surface area contributed by atoms with E-state index in [2.05, 4.69) is 16.8 Å². The first-order valence-corrected chi connectivity index (χ1v) is 7.42. The summed E-state index contributed by atoms with van der Waals surface area (Å²) in [6.45, 7) is 5.27. The molecule has 0 aromatic carbocycles. The quantitative estimate of drug-likeness (QED) is 0.860. The summed E-state index contributed by atoms with van der Waals surface area (Å²) in [7, 11) is 0. The Morgan fingerprint density at radius 1 is 1.44 bits per heavy atom. The molecule has 1 fully saturated rings. The van der Waals surface area contributed by atoms with Gasteiger partial charge in [-0.05, 0) is 38.8 Å². The predicted molar refractivity (Wildman–Crippen MR) is 72.0 cm³/mol. The number of thiazole rings is 1. The van der Waals surface area contributed by atoms with Crippen molar-refractivity contribution in [3.63, 3.8) is 0 Å². The van der Waals surface area contributed by atoms with Gasteiger partial charge in [-0.3, -0.25) is 9.69 Å². The largest absolute Gasteiger partial charge is 0.481 e. The maximum atomic E-state index is 10.9. The van der Waals surface area contributed by atoms with Gasteiger partial charge in [-0.2, -0.15) is 0 Å². The predicted octanol–water partition coefficient (Wildman–Crippen LogP) is 2.32. The molecular formula is C13H20N2O2S. The number of aromatic nitrogens is 1. The summed E-state index contributed by atoms with van der Waals surface area (Å²) < 4.78 is 0. The summed E-state index contributed by atoms with van der Waals surface area (Å²) in [5.41, 5.74) is 0.780. The third-order valence-electron chi connectivity index (χ3n) is 3.17. The Morgan fingerprint density at radius 2 is 2.17 bits per heavy atom. The van der Waals surface area contributed by atoms with Crippen molar-refractivity contribution >= 4 is 17.3 Å². The van der Waals surface area contributed by atoms with E-state index in [9.17, 15) is 4.79 Å². The highest BCUT2D eigenvalue weighted by Gasteiger charge is 2.18. The van der Waals surface area contributed by atoms with Crippen LogP contribution in [0.1, 0.15) is 41.8 Å². The van der Waals surface area contributed by atoms with Gasteiger partial charge in [-0.25, -0.2) is 4.98 Å². The lowest BCUT2D eigenvalue weighted by atomic mass is 10.2. The molecule has 0 unspecified atom stereocenters. The lowest BCUT2D eigenvalue weighted by molar-refractivity contribution is -0.136. The van der Waals surface area contributed by atoms with Crippen molar-refractivity contribution in [1.82, 2.24) is 9.88 Å². The average molecular weight is 268 g/mol. The van der Waals surface area contributed by atoms with Gasteiger partial charge in [-0.1, -0.05) is 6.92 Å². The van der Waals surface area contributed by atoms with Crippen molar-refractivity contribution in [1.29, 1.82) is 0 Å². The third-order valence-corrected chi connectivity index (χ3v) is 4.31. The minimum atomic E-state index is -0.786. The van der Waals surface area contributed by atoms with E-state index in [1.54, 1.807) is 11.3 Å². The van der Waals surface area contributed by atoms with Gasteiger partial charge in [0, 0.05) is 11.4 Å². The number of nitrogens with zero attached hydrogens (tertiary/aromatic N) is 2. The SMILES string of the molecule is CCCc1nc(CC(=O)O)c(CN2CCCC2)s1. The first kappa shape index (κ1) is 13.5. The van der Waals surface area contributed by atoms with Crippen LogP contribution >= 0.6 is 11.3 Å². The summed E-state index contributed by atoms with van der Waals surface area (Å²) >= 11 is 1.70. The number of hydrogen-bond acceptors (Lipinski definition) is 4. The normalized spacial score (nSPS) is 16.3. The number of aryl methyl sites for hydroxylation is 1. The first-order valence-electron chi connectivity index (χ1n) is 6.60. The van der Waals surface area contributed by atoms with Crippen LogP contribution in [-0.4, -0.2) is 34.0 Å². The molecule has 1 N–H and O–H groups in total. The topological polar surface area (TPSA) is 53.4 Å². The highest BCUT2D eigenvalue weighted by atomic mass is 32.1. The minimum Gasteiger partial charge on any atom is -0.481 e. The van der Waals surface area contributed by atoms with Crippen LogP contribution < -0.4 is 0 Å². The molecule has 0 saturated carbocycles. The van der Waals surface area contributed by atoms with Crippen LogP contribution in [0.5, 0.6) is 0 Å². The van der Waals surface area contributed by atoms with Gasteiger partial charge in [0.05, 0.1) is 17.1 Å². The van der Waals surface area contributed by atoms with Gasteiger partial charge in [0.1, 0.15) is 0 Å². The smallest absolute Gasteiger partial charge is 0.309 e. The standard InChI is InChI=1S/C13H20N2O2S/c1-2-5-12-14-10(8-13(16)17)11(18-12)9-15-6-3-4-7-15/h2-9H2,1H3,(H,16,17). The van der Waals surface area contributed by atoms with E-state index >= 15 is 0 Å². The fraction of sp³-hybridized carbons (Fsp3) is 0.692. The first-order chi connectivity index (χ1) is 8.69. The fourth-order valence-corrected chi connectivity index (χ4v) is 3.54. The summed E-state index contributed by atoms with van der Waals surface area (Å²) in [5, 5.41) is 10.0. The van der Waals surface area contributed by atoms with E-state index in [1.807, 2.05) is 0 Å². The maximum absolute atomic E-state index is 10.9. The summed E-state index contributed by atoms with van der Waals surface area (Å²) in [4.78, 5) is 18.9. The Kier molecular flexibility index (Phi) is 4.72. The van der Waals surface area contributed by atoms with Gasteiger partial charge in [0.2, 0.25) is 0 Å². The van der Waals surface area contributed by atoms with Crippen LogP contribution in [0.2, 0.25) is 0 Å². The van der Waals surface area contributed by atoms with Crippen molar-refractivity contribution in [3.05, 3.63) is 15.6 Å². The number of carbonyl (C=O) groups is 1. The van der Waals surface area contributed by atoms with Crippen molar-refractivity contribution < 1.29 is 9.90 Å². The molecule has 1 aliphatic rings. The Morgan fingerprint density at radius 3 is 2.78 bits per heavy atom. The highest BCUT2D eigenvalue weighted by Crippen LogP contribution is 2.24. The second-order valence-electron chi connectivity index (χ2n) is 4.78. The van der Waals surface area contributed by atoms with Gasteiger partial charge in [0.25, 0.3) is 0 Å². The molecule has 0 aliphatic carbocycles. The minimum absolute atomic E-state index is 0.0589. The monoisotopic (exact) mass is 268 g/mol. The molecule has 1 aliphatic heterocycles. The average Bonchev–Trinajstić information content (AvgIpc) is 2.90. The Hall–Kier alpha value is -0.940. The molecule has 2 rings (SSSR count). The van der Waals surface area contributed by atoms with Crippen LogP contribution in [0.3, 0.4) is 0 Å². The zero-order chi connectivity index (χ0) is 13.0. The number of carboxylic acids is 1. The van der Waals surface area contributed by atoms with Crippen molar-refractivity contribution in [2.45, 2.75) is 45.6 Å². The molecule has 18 heavy (non-hydrogen) atoms. The number of aliphatic carboxylic acids is 1. The van der Waals surface area contributed by atoms with Crippen LogP contribution in [0, 0.1) is 0 Å². The molecule has 4 nitrogen and oxygen atoms in total. The molecular weight excluding hydrogens is 248 g/mol. The molecule has 2 heterocycles. The number of rotatable bonds is 6. The zero-order valence-electron chi connectivity index (χ0n) is 10.8. The molecule has 0 radical (unpaired) electrons. The lowest BCUT2D eigenvalue weighted by Crippen LogP contribution is -2.19. The van der Waals surface area contributed by atoms with Crippen molar-refractivity contribution in [3.8, 4) is 0 Å². The summed E-state index contributed by atoms with van der Waals surface area (Å²) in [6.07, 6.45) is 4.59. The Bertz CT molecular complexity index is 411. The van der Waals surface area contributed by atoms with E-state index in [0.29, 0.717) is 0 Å². The Labute approximate surface area is 112 Å². The molecule has 1 aromatic rings. The van der Waals surface area contributed by atoms with E-state index in [0.717, 1.165) is 48.1 Å². The van der Waals surface area contributed by atoms with Gasteiger partial charge in [-0.15, -0.1) is 11.3 Å². The molecule has 0 spiro atoms. The maximum Gasteiger partial charge on any atom is 0.309 e. The zero-order valence-corrected chi connectivity index (χ0v) is 11.6. The van der Waals surface area contributed by atoms with E-state index in [1.165, 1.54) is 12.8 Å². The van der Waals surface area contributed by atoms with Crippen LogP contribution in [-0.2, 0) is 24.2 Å². The number of hydrogen-bond donors (Lipinski definition) is 1. The molecule has 0 bridgehead atoms. The Balaban J connectivity index is 2.11. The highest BCUT2D eigenvalue weighted by molar-refractivity contribution is 7.11. The van der Waals surface area contributed by atoms with E-state index < -0.39 is 5.97 Å². The molecule has 5 heteroatoms. The summed E-state index contributed by atoms with van der Waals surface area (Å²) in [6, 6.07) is 0. The lowest BCUT2D eigenvalue weighted by Gasteiger charge is -2.13. The van der Waals surface area contributed by atoms with Crippen LogP contribution in [0.25, 0.3) is 0 Å². The second kappa shape index (κ2) is 6.29. The fourth-order valence-electron chi connectivity index (χ4n) is 2.31.